The van der Waals surface area contributed by atoms with Crippen molar-refractivity contribution in [2.24, 2.45) is 17.6 Å². The Balaban J connectivity index is 2.01. The molecule has 0 saturated carbocycles. The van der Waals surface area contributed by atoms with Gasteiger partial charge in [0.05, 0.1) is 5.56 Å². The lowest BCUT2D eigenvalue weighted by Crippen LogP contribution is -2.46. The first kappa shape index (κ1) is 18.8. The second kappa shape index (κ2) is 7.55. The van der Waals surface area contributed by atoms with Crippen molar-refractivity contribution in [3.8, 4) is 0 Å². The molecular weight excluding hydrogens is 317 g/mol. The largest absolute Gasteiger partial charge is 0.416 e. The maximum absolute atomic E-state index is 12.8. The summed E-state index contributed by atoms with van der Waals surface area (Å²) in [6, 6.07) is 5.25. The van der Waals surface area contributed by atoms with Gasteiger partial charge in [-0.25, -0.2) is 0 Å². The molecule has 1 fully saturated rings. The van der Waals surface area contributed by atoms with Gasteiger partial charge in [0.2, 0.25) is 5.91 Å². The monoisotopic (exact) mass is 342 g/mol. The number of rotatable bonds is 4. The summed E-state index contributed by atoms with van der Waals surface area (Å²) in [5, 5.41) is 0. The van der Waals surface area contributed by atoms with Crippen molar-refractivity contribution >= 4 is 5.91 Å². The van der Waals surface area contributed by atoms with Crippen LogP contribution in [-0.2, 0) is 17.4 Å². The highest BCUT2D eigenvalue weighted by Crippen LogP contribution is 2.30. The van der Waals surface area contributed by atoms with Crippen LogP contribution in [0.5, 0.6) is 0 Å². The molecule has 3 nitrogen and oxygen atoms in total. The molecule has 1 heterocycles. The third kappa shape index (κ3) is 4.72. The van der Waals surface area contributed by atoms with Crippen LogP contribution < -0.4 is 5.73 Å². The number of alkyl halides is 3. The van der Waals surface area contributed by atoms with E-state index in [-0.39, 0.29) is 17.9 Å². The third-order valence-electron chi connectivity index (χ3n) is 4.73. The summed E-state index contributed by atoms with van der Waals surface area (Å²) in [4.78, 5) is 14.4. The zero-order valence-electron chi connectivity index (χ0n) is 14.1. The maximum atomic E-state index is 12.8. The predicted molar refractivity (Wildman–Crippen MR) is 87.3 cm³/mol. The molecule has 1 aromatic rings. The number of piperidine rings is 1. The minimum atomic E-state index is -4.36. The summed E-state index contributed by atoms with van der Waals surface area (Å²) in [5.41, 5.74) is 5.80. The number of hydrogen-bond donors (Lipinski definition) is 1. The quantitative estimate of drug-likeness (QED) is 0.911. The first-order valence-electron chi connectivity index (χ1n) is 8.39. The molecule has 6 heteroatoms. The molecule has 1 amide bonds. The van der Waals surface area contributed by atoms with Crippen molar-refractivity contribution in [1.29, 1.82) is 0 Å². The van der Waals surface area contributed by atoms with Crippen LogP contribution in [0.1, 0.15) is 37.8 Å². The van der Waals surface area contributed by atoms with Gasteiger partial charge in [-0.1, -0.05) is 25.1 Å². The van der Waals surface area contributed by atoms with E-state index in [1.807, 2.05) is 11.8 Å². The predicted octanol–water partition coefficient (Wildman–Crippen LogP) is 3.47. The number of halogens is 3. The molecule has 2 N–H and O–H groups in total. The fourth-order valence-corrected chi connectivity index (χ4v) is 3.27. The number of benzene rings is 1. The van der Waals surface area contributed by atoms with Gasteiger partial charge in [-0.3, -0.25) is 4.79 Å². The lowest BCUT2D eigenvalue weighted by atomic mass is 9.90. The number of hydrogen-bond acceptors (Lipinski definition) is 2. The van der Waals surface area contributed by atoms with Crippen molar-refractivity contribution in [3.63, 3.8) is 0 Å². The van der Waals surface area contributed by atoms with Gasteiger partial charge in [0, 0.05) is 25.0 Å². The van der Waals surface area contributed by atoms with Gasteiger partial charge in [0.1, 0.15) is 0 Å². The van der Waals surface area contributed by atoms with Crippen molar-refractivity contribution in [2.45, 2.75) is 45.3 Å². The smallest absolute Gasteiger partial charge is 0.342 e. The van der Waals surface area contributed by atoms with E-state index in [4.69, 9.17) is 5.73 Å². The number of amides is 1. The molecule has 2 rings (SSSR count). The zero-order chi connectivity index (χ0) is 17.9. The van der Waals surface area contributed by atoms with Gasteiger partial charge in [0.25, 0.3) is 0 Å². The van der Waals surface area contributed by atoms with Gasteiger partial charge in [-0.2, -0.15) is 13.2 Å². The molecule has 3 atom stereocenters. The molecule has 24 heavy (non-hydrogen) atoms. The maximum Gasteiger partial charge on any atom is 0.416 e. The standard InChI is InChI=1S/C18H25F3N2O/c1-12(9-14-5-3-7-16(10-14)18(19,20)21)17(24)23-8-4-6-15(11-23)13(2)22/h3,5,7,10,12-13,15H,4,6,8-9,11,22H2,1-2H3. The topological polar surface area (TPSA) is 46.3 Å². The fourth-order valence-electron chi connectivity index (χ4n) is 3.27. The Morgan fingerprint density at radius 3 is 2.71 bits per heavy atom. The summed E-state index contributed by atoms with van der Waals surface area (Å²) in [7, 11) is 0. The van der Waals surface area contributed by atoms with E-state index >= 15 is 0 Å². The minimum Gasteiger partial charge on any atom is -0.342 e. The van der Waals surface area contributed by atoms with Gasteiger partial charge < -0.3 is 10.6 Å². The summed E-state index contributed by atoms with van der Waals surface area (Å²) < 4.78 is 38.4. The minimum absolute atomic E-state index is 0.00207. The summed E-state index contributed by atoms with van der Waals surface area (Å²) in [6.07, 6.45) is -2.11. The molecule has 0 bridgehead atoms. The summed E-state index contributed by atoms with van der Waals surface area (Å²) in [6.45, 7) is 5.07. The Morgan fingerprint density at radius 1 is 1.38 bits per heavy atom. The zero-order valence-corrected chi connectivity index (χ0v) is 14.1. The van der Waals surface area contributed by atoms with E-state index in [2.05, 4.69) is 0 Å². The van der Waals surface area contributed by atoms with Crippen LogP contribution in [-0.4, -0.2) is 29.9 Å². The van der Waals surface area contributed by atoms with Crippen LogP contribution in [0.2, 0.25) is 0 Å². The summed E-state index contributed by atoms with van der Waals surface area (Å²) >= 11 is 0. The second-order valence-corrected chi connectivity index (χ2v) is 6.85. The molecule has 134 valence electrons. The van der Waals surface area contributed by atoms with Crippen LogP contribution in [0.4, 0.5) is 13.2 Å². The van der Waals surface area contributed by atoms with Crippen molar-refractivity contribution < 1.29 is 18.0 Å². The molecule has 1 aliphatic heterocycles. The molecule has 0 radical (unpaired) electrons. The Kier molecular flexibility index (Phi) is 5.91. The number of likely N-dealkylation sites (tertiary alicyclic amines) is 1. The normalized spacial score (nSPS) is 21.4. The number of nitrogens with two attached hydrogens (primary N) is 1. The number of carbonyl (C=O) groups excluding carboxylic acids is 1. The third-order valence-corrected chi connectivity index (χ3v) is 4.73. The average Bonchev–Trinajstić information content (AvgIpc) is 2.53. The number of carbonyl (C=O) groups is 1. The molecule has 0 aromatic heterocycles. The van der Waals surface area contributed by atoms with Gasteiger partial charge in [-0.05, 0) is 43.7 Å². The number of nitrogens with zero attached hydrogens (tertiary/aromatic N) is 1. The molecule has 1 aliphatic rings. The van der Waals surface area contributed by atoms with Gasteiger partial charge in [0.15, 0.2) is 0 Å². The molecule has 1 saturated heterocycles. The van der Waals surface area contributed by atoms with Crippen LogP contribution in [0.15, 0.2) is 24.3 Å². The molecule has 1 aromatic carbocycles. The lowest BCUT2D eigenvalue weighted by molar-refractivity contribution is -0.137. The van der Waals surface area contributed by atoms with E-state index < -0.39 is 11.7 Å². The average molecular weight is 342 g/mol. The fraction of sp³-hybridized carbons (Fsp3) is 0.611. The van der Waals surface area contributed by atoms with Crippen molar-refractivity contribution in [2.75, 3.05) is 13.1 Å². The second-order valence-electron chi connectivity index (χ2n) is 6.85. The van der Waals surface area contributed by atoms with E-state index in [0.717, 1.165) is 25.0 Å². The highest BCUT2D eigenvalue weighted by molar-refractivity contribution is 5.79. The van der Waals surface area contributed by atoms with Crippen molar-refractivity contribution in [3.05, 3.63) is 35.4 Å². The van der Waals surface area contributed by atoms with Crippen molar-refractivity contribution in [1.82, 2.24) is 4.90 Å². The van der Waals surface area contributed by atoms with Gasteiger partial charge >= 0.3 is 6.18 Å². The SMILES string of the molecule is CC(Cc1cccc(C(F)(F)F)c1)C(=O)N1CCCC(C(C)N)C1. The van der Waals surface area contributed by atoms with E-state index in [1.54, 1.807) is 13.0 Å². The van der Waals surface area contributed by atoms with Crippen LogP contribution in [0, 0.1) is 11.8 Å². The van der Waals surface area contributed by atoms with E-state index in [9.17, 15) is 18.0 Å². The Hall–Kier alpha value is -1.56. The summed E-state index contributed by atoms with van der Waals surface area (Å²) in [5.74, 6) is -0.0541. The van der Waals surface area contributed by atoms with Crippen LogP contribution >= 0.6 is 0 Å². The van der Waals surface area contributed by atoms with Crippen LogP contribution in [0.3, 0.4) is 0 Å². The van der Waals surface area contributed by atoms with E-state index in [0.29, 0.717) is 31.0 Å². The lowest BCUT2D eigenvalue weighted by Gasteiger charge is -2.36. The van der Waals surface area contributed by atoms with Gasteiger partial charge in [-0.15, -0.1) is 0 Å². The molecular formula is C18H25F3N2O. The molecule has 0 spiro atoms. The highest BCUT2D eigenvalue weighted by atomic mass is 19.4. The first-order chi connectivity index (χ1) is 11.2. The first-order valence-corrected chi connectivity index (χ1v) is 8.39. The Bertz CT molecular complexity index is 572. The Labute approximate surface area is 141 Å². The Morgan fingerprint density at radius 2 is 2.08 bits per heavy atom. The molecule has 3 unspecified atom stereocenters. The molecule has 0 aliphatic carbocycles. The van der Waals surface area contributed by atoms with Crippen LogP contribution in [0.25, 0.3) is 0 Å². The van der Waals surface area contributed by atoms with E-state index in [1.165, 1.54) is 6.07 Å². The highest BCUT2D eigenvalue weighted by Gasteiger charge is 2.31.